The molecular weight excluding hydrogens is 252 g/mol. The van der Waals surface area contributed by atoms with Crippen LogP contribution in [0.4, 0.5) is 0 Å². The largest absolute Gasteiger partial charge is 0.477 e. The molecule has 2 N–H and O–H groups in total. The normalized spacial score (nSPS) is 16.4. The highest BCUT2D eigenvalue weighted by Crippen LogP contribution is 2.16. The van der Waals surface area contributed by atoms with E-state index in [4.69, 9.17) is 5.11 Å². The number of carbonyl (C=O) groups excluding carboxylic acids is 1. The van der Waals surface area contributed by atoms with E-state index in [2.05, 4.69) is 5.32 Å². The molecule has 98 valence electrons. The van der Waals surface area contributed by atoms with Gasteiger partial charge in [-0.3, -0.25) is 4.79 Å². The lowest BCUT2D eigenvalue weighted by Gasteiger charge is -2.22. The van der Waals surface area contributed by atoms with Crippen LogP contribution in [0.25, 0.3) is 0 Å². The van der Waals surface area contributed by atoms with E-state index >= 15 is 0 Å². The standard InChI is InChI=1S/C12H16N2O3S/c15-11(13-9-3-6-18-7-4-9)8-14-5-1-2-10(14)12(16)17/h1-2,5,9H,3-4,6-8H2,(H,13,15)(H,16,17). The molecule has 0 aromatic carbocycles. The Hall–Kier alpha value is -1.43. The fourth-order valence-electron chi connectivity index (χ4n) is 2.02. The summed E-state index contributed by atoms with van der Waals surface area (Å²) in [4.78, 5) is 22.7. The van der Waals surface area contributed by atoms with Crippen molar-refractivity contribution in [1.82, 2.24) is 9.88 Å². The minimum absolute atomic E-state index is 0.0677. The van der Waals surface area contributed by atoms with E-state index < -0.39 is 5.97 Å². The average Bonchev–Trinajstić information content (AvgIpc) is 2.78. The summed E-state index contributed by atoms with van der Waals surface area (Å²) in [7, 11) is 0. The van der Waals surface area contributed by atoms with Crippen molar-refractivity contribution in [2.75, 3.05) is 11.5 Å². The maximum atomic E-state index is 11.8. The van der Waals surface area contributed by atoms with Gasteiger partial charge in [0.05, 0.1) is 0 Å². The Balaban J connectivity index is 1.90. The van der Waals surface area contributed by atoms with Crippen molar-refractivity contribution in [2.45, 2.75) is 25.4 Å². The second-order valence-corrected chi connectivity index (χ2v) is 5.51. The number of hydrogen-bond acceptors (Lipinski definition) is 3. The Morgan fingerprint density at radius 3 is 2.83 bits per heavy atom. The third-order valence-electron chi connectivity index (χ3n) is 2.95. The molecule has 0 spiro atoms. The van der Waals surface area contributed by atoms with Gasteiger partial charge in [0.1, 0.15) is 12.2 Å². The molecule has 1 fully saturated rings. The molecule has 0 bridgehead atoms. The molecular formula is C12H16N2O3S. The Labute approximate surface area is 110 Å². The number of aromatic carboxylic acids is 1. The van der Waals surface area contributed by atoms with E-state index in [0.717, 1.165) is 24.3 Å². The average molecular weight is 268 g/mol. The third-order valence-corrected chi connectivity index (χ3v) is 4.00. The zero-order valence-corrected chi connectivity index (χ0v) is 10.8. The topological polar surface area (TPSA) is 71.3 Å². The Kier molecular flexibility index (Phi) is 4.30. The van der Waals surface area contributed by atoms with Crippen LogP contribution in [0.5, 0.6) is 0 Å². The molecule has 6 heteroatoms. The molecule has 1 aromatic heterocycles. The molecule has 0 atom stereocenters. The molecule has 0 saturated carbocycles. The molecule has 0 aliphatic carbocycles. The van der Waals surface area contributed by atoms with Gasteiger partial charge in [-0.05, 0) is 36.5 Å². The van der Waals surface area contributed by atoms with Crippen molar-refractivity contribution in [1.29, 1.82) is 0 Å². The van der Waals surface area contributed by atoms with E-state index in [1.54, 1.807) is 12.3 Å². The van der Waals surface area contributed by atoms with E-state index in [1.807, 2.05) is 11.8 Å². The van der Waals surface area contributed by atoms with Gasteiger partial charge in [-0.15, -0.1) is 0 Å². The first kappa shape index (κ1) is 13.0. The molecule has 18 heavy (non-hydrogen) atoms. The summed E-state index contributed by atoms with van der Waals surface area (Å²) in [6.45, 7) is 0.0677. The summed E-state index contributed by atoms with van der Waals surface area (Å²) in [5.41, 5.74) is 0.143. The Bertz CT molecular complexity index is 438. The van der Waals surface area contributed by atoms with Gasteiger partial charge in [-0.1, -0.05) is 0 Å². The lowest BCUT2D eigenvalue weighted by molar-refractivity contribution is -0.122. The van der Waals surface area contributed by atoms with Gasteiger partial charge in [0.2, 0.25) is 5.91 Å². The van der Waals surface area contributed by atoms with Gasteiger partial charge < -0.3 is 15.0 Å². The molecule has 0 unspecified atom stereocenters. The molecule has 1 aliphatic rings. The molecule has 1 saturated heterocycles. The number of hydrogen-bond donors (Lipinski definition) is 2. The minimum Gasteiger partial charge on any atom is -0.477 e. The minimum atomic E-state index is -1.01. The lowest BCUT2D eigenvalue weighted by atomic mass is 10.1. The second kappa shape index (κ2) is 5.95. The van der Waals surface area contributed by atoms with Crippen molar-refractivity contribution < 1.29 is 14.7 Å². The predicted molar refractivity (Wildman–Crippen MR) is 69.9 cm³/mol. The maximum absolute atomic E-state index is 11.8. The van der Waals surface area contributed by atoms with Gasteiger partial charge in [-0.25, -0.2) is 4.79 Å². The predicted octanol–water partition coefficient (Wildman–Crippen LogP) is 1.20. The fourth-order valence-corrected chi connectivity index (χ4v) is 3.12. The van der Waals surface area contributed by atoms with Crippen LogP contribution >= 0.6 is 11.8 Å². The monoisotopic (exact) mass is 268 g/mol. The highest BCUT2D eigenvalue weighted by molar-refractivity contribution is 7.99. The van der Waals surface area contributed by atoms with Crippen LogP contribution in [0.3, 0.4) is 0 Å². The SMILES string of the molecule is O=C(Cn1cccc1C(=O)O)NC1CCSCC1. The first-order valence-electron chi connectivity index (χ1n) is 5.92. The van der Waals surface area contributed by atoms with Crippen molar-refractivity contribution >= 4 is 23.6 Å². The summed E-state index contributed by atoms with van der Waals surface area (Å²) >= 11 is 1.90. The number of carboxylic acids is 1. The Morgan fingerprint density at radius 1 is 1.44 bits per heavy atom. The number of nitrogens with zero attached hydrogens (tertiary/aromatic N) is 1. The van der Waals surface area contributed by atoms with Crippen LogP contribution < -0.4 is 5.32 Å². The van der Waals surface area contributed by atoms with E-state index in [9.17, 15) is 9.59 Å². The molecule has 2 rings (SSSR count). The van der Waals surface area contributed by atoms with Gasteiger partial charge >= 0.3 is 5.97 Å². The van der Waals surface area contributed by atoms with Crippen LogP contribution in [-0.4, -0.2) is 39.1 Å². The lowest BCUT2D eigenvalue weighted by Crippen LogP contribution is -2.39. The zero-order chi connectivity index (χ0) is 13.0. The van der Waals surface area contributed by atoms with E-state index in [0.29, 0.717) is 0 Å². The summed E-state index contributed by atoms with van der Waals surface area (Å²) in [5, 5.41) is 11.9. The summed E-state index contributed by atoms with van der Waals surface area (Å²) in [6.07, 6.45) is 3.60. The van der Waals surface area contributed by atoms with Crippen molar-refractivity contribution in [2.24, 2.45) is 0 Å². The van der Waals surface area contributed by atoms with E-state index in [1.165, 1.54) is 10.6 Å². The van der Waals surface area contributed by atoms with Crippen LogP contribution in [0.2, 0.25) is 0 Å². The molecule has 5 nitrogen and oxygen atoms in total. The van der Waals surface area contributed by atoms with Crippen molar-refractivity contribution in [3.8, 4) is 0 Å². The highest BCUT2D eigenvalue weighted by atomic mass is 32.2. The van der Waals surface area contributed by atoms with Gasteiger partial charge in [-0.2, -0.15) is 11.8 Å². The third kappa shape index (κ3) is 3.29. The Morgan fingerprint density at radius 2 is 2.17 bits per heavy atom. The van der Waals surface area contributed by atoms with Gasteiger partial charge in [0, 0.05) is 12.2 Å². The second-order valence-electron chi connectivity index (χ2n) is 4.28. The quantitative estimate of drug-likeness (QED) is 0.860. The number of nitrogens with one attached hydrogen (secondary N) is 1. The summed E-state index contributed by atoms with van der Waals surface area (Å²) in [5.74, 6) is 1.02. The summed E-state index contributed by atoms with van der Waals surface area (Å²) in [6, 6.07) is 3.36. The first-order valence-corrected chi connectivity index (χ1v) is 7.08. The molecule has 2 heterocycles. The van der Waals surface area contributed by atoms with Gasteiger partial charge in [0.25, 0.3) is 0 Å². The molecule has 0 radical (unpaired) electrons. The number of amides is 1. The number of thioether (sulfide) groups is 1. The van der Waals surface area contributed by atoms with Gasteiger partial charge in [0.15, 0.2) is 0 Å². The van der Waals surface area contributed by atoms with Crippen LogP contribution in [0.15, 0.2) is 18.3 Å². The number of aromatic nitrogens is 1. The fraction of sp³-hybridized carbons (Fsp3) is 0.500. The van der Waals surface area contributed by atoms with Crippen LogP contribution in [0.1, 0.15) is 23.3 Å². The number of rotatable bonds is 4. The zero-order valence-electron chi connectivity index (χ0n) is 9.96. The van der Waals surface area contributed by atoms with Crippen molar-refractivity contribution in [3.63, 3.8) is 0 Å². The van der Waals surface area contributed by atoms with Crippen molar-refractivity contribution in [3.05, 3.63) is 24.0 Å². The molecule has 1 aliphatic heterocycles. The molecule has 1 aromatic rings. The summed E-state index contributed by atoms with van der Waals surface area (Å²) < 4.78 is 1.45. The van der Waals surface area contributed by atoms with E-state index in [-0.39, 0.29) is 24.2 Å². The van der Waals surface area contributed by atoms with Crippen LogP contribution in [-0.2, 0) is 11.3 Å². The van der Waals surface area contributed by atoms with Crippen LogP contribution in [0, 0.1) is 0 Å². The number of carbonyl (C=O) groups is 2. The number of carboxylic acid groups (broad SMARTS) is 1. The first-order chi connectivity index (χ1) is 8.66. The smallest absolute Gasteiger partial charge is 0.352 e. The highest BCUT2D eigenvalue weighted by Gasteiger charge is 2.17. The maximum Gasteiger partial charge on any atom is 0.352 e. The molecule has 1 amide bonds.